The fraction of sp³-hybridized carbons (Fsp3) is 0.250. The Morgan fingerprint density at radius 3 is 2.21 bits per heavy atom. The Labute approximate surface area is 164 Å². The van der Waals surface area contributed by atoms with E-state index in [0.29, 0.717) is 11.1 Å². The van der Waals surface area contributed by atoms with Gasteiger partial charge in [0.05, 0.1) is 17.4 Å². The molecular formula is C20H20N2O5S. The van der Waals surface area contributed by atoms with E-state index in [4.69, 9.17) is 10.00 Å². The molecule has 2 aromatic carbocycles. The monoisotopic (exact) mass is 400 g/mol. The zero-order chi connectivity index (χ0) is 20.7. The summed E-state index contributed by atoms with van der Waals surface area (Å²) >= 11 is 0. The maximum Gasteiger partial charge on any atom is 0.339 e. The van der Waals surface area contributed by atoms with Crippen molar-refractivity contribution >= 4 is 21.7 Å². The summed E-state index contributed by atoms with van der Waals surface area (Å²) in [4.78, 5) is 26.3. The van der Waals surface area contributed by atoms with Crippen LogP contribution < -0.4 is 0 Å². The maximum absolute atomic E-state index is 12.5. The Bertz CT molecular complexity index is 978. The van der Waals surface area contributed by atoms with Gasteiger partial charge in [-0.15, -0.1) is 0 Å². The maximum atomic E-state index is 12.5. The molecule has 146 valence electrons. The molecule has 2 rings (SSSR count). The number of carbonyl (C=O) groups is 2. The fourth-order valence-corrected chi connectivity index (χ4v) is 3.44. The first-order valence-corrected chi connectivity index (χ1v) is 10.2. The van der Waals surface area contributed by atoms with Crippen LogP contribution in [0.4, 0.5) is 0 Å². The fourth-order valence-electron chi connectivity index (χ4n) is 2.44. The summed E-state index contributed by atoms with van der Waals surface area (Å²) in [7, 11) is -0.377. The van der Waals surface area contributed by atoms with Crippen molar-refractivity contribution in [3.8, 4) is 6.07 Å². The molecule has 0 aliphatic heterocycles. The Kier molecular flexibility index (Phi) is 6.90. The van der Waals surface area contributed by atoms with E-state index in [0.717, 1.165) is 0 Å². The number of hydrogen-bond acceptors (Lipinski definition) is 6. The van der Waals surface area contributed by atoms with E-state index in [1.807, 2.05) is 0 Å². The van der Waals surface area contributed by atoms with Crippen LogP contribution in [0.3, 0.4) is 0 Å². The Morgan fingerprint density at radius 1 is 1.07 bits per heavy atom. The van der Waals surface area contributed by atoms with Gasteiger partial charge in [-0.1, -0.05) is 42.5 Å². The molecule has 7 nitrogen and oxygen atoms in total. The van der Waals surface area contributed by atoms with Crippen LogP contribution in [0.2, 0.25) is 0 Å². The highest BCUT2D eigenvalue weighted by Crippen LogP contribution is 2.21. The van der Waals surface area contributed by atoms with Gasteiger partial charge in [-0.25, -0.2) is 13.2 Å². The van der Waals surface area contributed by atoms with Gasteiger partial charge < -0.3 is 9.64 Å². The van der Waals surface area contributed by atoms with E-state index < -0.39 is 27.7 Å². The topological polar surface area (TPSA) is 105 Å². The lowest BCUT2D eigenvalue weighted by Crippen LogP contribution is -2.31. The molecule has 8 heteroatoms. The molecule has 0 radical (unpaired) electrons. The second-order valence-corrected chi connectivity index (χ2v) is 8.38. The minimum Gasteiger partial charge on any atom is -0.444 e. The minimum atomic E-state index is -3.52. The average Bonchev–Trinajstić information content (AvgIpc) is 2.66. The van der Waals surface area contributed by atoms with E-state index in [2.05, 4.69) is 0 Å². The third-order valence-corrected chi connectivity index (χ3v) is 5.20. The largest absolute Gasteiger partial charge is 0.444 e. The molecule has 0 unspecified atom stereocenters. The standard InChI is InChI=1S/C20H20N2O5S/c1-22(2)19(23)18(16-6-4-3-5-7-16)27-20(24)17-10-8-15(9-11-17)14-28(25,26)13-12-21/h3-11,18H,13-14H2,1-2H3/t18-/m1/s1. The average molecular weight is 400 g/mol. The molecule has 0 heterocycles. The van der Waals surface area contributed by atoms with Crippen molar-refractivity contribution in [1.82, 2.24) is 4.90 Å². The van der Waals surface area contributed by atoms with Gasteiger partial charge in [-0.05, 0) is 17.7 Å². The summed E-state index contributed by atoms with van der Waals surface area (Å²) in [6.07, 6.45) is -1.08. The van der Waals surface area contributed by atoms with Crippen LogP contribution in [0.15, 0.2) is 54.6 Å². The lowest BCUT2D eigenvalue weighted by atomic mass is 10.1. The normalized spacial score (nSPS) is 11.9. The number of hydrogen-bond donors (Lipinski definition) is 0. The summed E-state index contributed by atoms with van der Waals surface area (Å²) < 4.78 is 28.8. The number of carbonyl (C=O) groups excluding carboxylic acids is 2. The smallest absolute Gasteiger partial charge is 0.339 e. The van der Waals surface area contributed by atoms with Crippen LogP contribution in [-0.4, -0.2) is 45.0 Å². The first-order chi connectivity index (χ1) is 13.2. The summed E-state index contributed by atoms with van der Waals surface area (Å²) in [5.41, 5.74) is 1.19. The van der Waals surface area contributed by atoms with Gasteiger partial charge in [0.2, 0.25) is 6.10 Å². The molecule has 0 fully saturated rings. The van der Waals surface area contributed by atoms with E-state index in [1.54, 1.807) is 50.5 Å². The van der Waals surface area contributed by atoms with Crippen molar-refractivity contribution in [1.29, 1.82) is 5.26 Å². The summed E-state index contributed by atoms with van der Waals surface area (Å²) in [6.45, 7) is 0. The van der Waals surface area contributed by atoms with Crippen LogP contribution in [0.25, 0.3) is 0 Å². The van der Waals surface area contributed by atoms with Gasteiger partial charge in [0, 0.05) is 19.7 Å². The molecule has 2 aromatic rings. The summed E-state index contributed by atoms with van der Waals surface area (Å²) in [6, 6.07) is 16.1. The van der Waals surface area contributed by atoms with Gasteiger partial charge in [0.15, 0.2) is 9.84 Å². The number of nitrogens with zero attached hydrogens (tertiary/aromatic N) is 2. The SMILES string of the molecule is CN(C)C(=O)[C@H](OC(=O)c1ccc(CS(=O)(=O)CC#N)cc1)c1ccccc1. The van der Waals surface area contributed by atoms with Crippen molar-refractivity contribution in [2.24, 2.45) is 0 Å². The lowest BCUT2D eigenvalue weighted by Gasteiger charge is -2.21. The molecule has 28 heavy (non-hydrogen) atoms. The van der Waals surface area contributed by atoms with Crippen LogP contribution in [-0.2, 0) is 25.1 Å². The molecule has 0 saturated heterocycles. The molecular weight excluding hydrogens is 380 g/mol. The predicted molar refractivity (Wildman–Crippen MR) is 103 cm³/mol. The highest BCUT2D eigenvalue weighted by atomic mass is 32.2. The zero-order valence-corrected chi connectivity index (χ0v) is 16.3. The van der Waals surface area contributed by atoms with Crippen molar-refractivity contribution in [3.05, 3.63) is 71.3 Å². The van der Waals surface area contributed by atoms with Gasteiger partial charge in [0.1, 0.15) is 5.75 Å². The zero-order valence-electron chi connectivity index (χ0n) is 15.5. The molecule has 0 aromatic heterocycles. The van der Waals surface area contributed by atoms with E-state index in [-0.39, 0.29) is 17.2 Å². The molecule has 0 aliphatic rings. The summed E-state index contributed by atoms with van der Waals surface area (Å²) in [5.74, 6) is -1.93. The van der Waals surface area contributed by atoms with Crippen LogP contribution in [0.1, 0.15) is 27.6 Å². The third kappa shape index (κ3) is 5.66. The highest BCUT2D eigenvalue weighted by Gasteiger charge is 2.27. The predicted octanol–water partition coefficient (Wildman–Crippen LogP) is 2.11. The lowest BCUT2D eigenvalue weighted by molar-refractivity contribution is -0.138. The molecule has 1 amide bonds. The van der Waals surface area contributed by atoms with Crippen molar-refractivity contribution in [2.75, 3.05) is 19.8 Å². The van der Waals surface area contributed by atoms with E-state index in [9.17, 15) is 18.0 Å². The van der Waals surface area contributed by atoms with Crippen LogP contribution in [0.5, 0.6) is 0 Å². The molecule has 0 bridgehead atoms. The number of ether oxygens (including phenoxy) is 1. The van der Waals surface area contributed by atoms with E-state index in [1.165, 1.54) is 29.2 Å². The molecule has 1 atom stereocenters. The molecule has 0 saturated carbocycles. The van der Waals surface area contributed by atoms with Gasteiger partial charge >= 0.3 is 5.97 Å². The van der Waals surface area contributed by atoms with Crippen molar-refractivity contribution in [2.45, 2.75) is 11.9 Å². The highest BCUT2D eigenvalue weighted by molar-refractivity contribution is 7.90. The number of likely N-dealkylation sites (N-methyl/N-ethyl adjacent to an activating group) is 1. The van der Waals surface area contributed by atoms with Crippen molar-refractivity contribution < 1.29 is 22.7 Å². The first kappa shape index (κ1) is 21.1. The molecule has 0 spiro atoms. The Balaban J connectivity index is 2.18. The third-order valence-electron chi connectivity index (χ3n) is 3.85. The number of sulfone groups is 1. The number of nitriles is 1. The van der Waals surface area contributed by atoms with Crippen LogP contribution in [0, 0.1) is 11.3 Å². The number of benzene rings is 2. The first-order valence-electron chi connectivity index (χ1n) is 8.37. The quantitative estimate of drug-likeness (QED) is 0.659. The molecule has 0 aliphatic carbocycles. The summed E-state index contributed by atoms with van der Waals surface area (Å²) in [5, 5.41) is 8.54. The van der Waals surface area contributed by atoms with E-state index >= 15 is 0 Å². The number of amides is 1. The molecule has 0 N–H and O–H groups in total. The van der Waals surface area contributed by atoms with Gasteiger partial charge in [-0.3, -0.25) is 4.79 Å². The van der Waals surface area contributed by atoms with Gasteiger partial charge in [-0.2, -0.15) is 5.26 Å². The number of rotatable bonds is 7. The number of esters is 1. The van der Waals surface area contributed by atoms with Gasteiger partial charge in [0.25, 0.3) is 5.91 Å². The second kappa shape index (κ2) is 9.15. The van der Waals surface area contributed by atoms with Crippen LogP contribution >= 0.6 is 0 Å². The Hall–Kier alpha value is -3.18. The van der Waals surface area contributed by atoms with Crippen molar-refractivity contribution in [3.63, 3.8) is 0 Å². The Morgan fingerprint density at radius 2 is 1.68 bits per heavy atom. The second-order valence-electron chi connectivity index (χ2n) is 6.32. The minimum absolute atomic E-state index is 0.189.